The Balaban J connectivity index is 2.68. The largest absolute Gasteiger partial charge is 0.310 e. The van der Waals surface area contributed by atoms with Crippen LogP contribution in [0.2, 0.25) is 5.02 Å². The van der Waals surface area contributed by atoms with Gasteiger partial charge >= 0.3 is 0 Å². The Morgan fingerprint density at radius 2 is 1.90 bits per heavy atom. The van der Waals surface area contributed by atoms with Gasteiger partial charge < -0.3 is 10.2 Å². The average molecular weight is 311 g/mol. The third-order valence-corrected chi connectivity index (χ3v) is 4.07. The van der Waals surface area contributed by atoms with Gasteiger partial charge in [0.25, 0.3) is 0 Å². The summed E-state index contributed by atoms with van der Waals surface area (Å²) < 4.78 is 0. The van der Waals surface area contributed by atoms with Crippen LogP contribution in [-0.2, 0) is 0 Å². The van der Waals surface area contributed by atoms with Gasteiger partial charge in [-0.25, -0.2) is 0 Å². The lowest BCUT2D eigenvalue weighted by molar-refractivity contribution is 0.241. The van der Waals surface area contributed by atoms with Gasteiger partial charge in [-0.05, 0) is 50.0 Å². The highest BCUT2D eigenvalue weighted by atomic mass is 35.5. The molecule has 3 heteroatoms. The first kappa shape index (κ1) is 18.5. The standard InChI is InChI=1S/C18H31ClN2/c1-5-12-20-18(16-9-7-8-10-17(16)19)11-13-21(6-2)14-15(3)4/h7-10,15,18,20H,5-6,11-14H2,1-4H3. The molecule has 0 saturated carbocycles. The maximum atomic E-state index is 6.38. The summed E-state index contributed by atoms with van der Waals surface area (Å²) in [5.41, 5.74) is 1.23. The molecule has 0 radical (unpaired) electrons. The molecule has 21 heavy (non-hydrogen) atoms. The molecule has 1 unspecified atom stereocenters. The van der Waals surface area contributed by atoms with Crippen molar-refractivity contribution in [2.24, 2.45) is 5.92 Å². The van der Waals surface area contributed by atoms with Gasteiger partial charge in [0.1, 0.15) is 0 Å². The minimum atomic E-state index is 0.347. The van der Waals surface area contributed by atoms with Crippen LogP contribution in [0.4, 0.5) is 0 Å². The molecule has 1 aromatic carbocycles. The van der Waals surface area contributed by atoms with Crippen molar-refractivity contribution in [3.05, 3.63) is 34.9 Å². The Labute approximate surface area is 135 Å². The third kappa shape index (κ3) is 6.82. The number of halogens is 1. The molecule has 0 aromatic heterocycles. The van der Waals surface area contributed by atoms with Gasteiger partial charge in [0.05, 0.1) is 0 Å². The Hall–Kier alpha value is -0.570. The summed E-state index contributed by atoms with van der Waals surface area (Å²) in [4.78, 5) is 2.53. The van der Waals surface area contributed by atoms with E-state index >= 15 is 0 Å². The van der Waals surface area contributed by atoms with Crippen LogP contribution >= 0.6 is 11.6 Å². The minimum absolute atomic E-state index is 0.347. The van der Waals surface area contributed by atoms with Crippen molar-refractivity contribution in [2.45, 2.75) is 46.6 Å². The predicted octanol–water partition coefficient (Wildman–Crippen LogP) is 4.75. The van der Waals surface area contributed by atoms with Crippen molar-refractivity contribution in [3.63, 3.8) is 0 Å². The number of benzene rings is 1. The predicted molar refractivity (Wildman–Crippen MR) is 94.1 cm³/mol. The van der Waals surface area contributed by atoms with Crippen LogP contribution in [0.25, 0.3) is 0 Å². The summed E-state index contributed by atoms with van der Waals surface area (Å²) >= 11 is 6.38. The fourth-order valence-electron chi connectivity index (χ4n) is 2.65. The Kier molecular flexibility index (Phi) is 8.98. The van der Waals surface area contributed by atoms with E-state index in [4.69, 9.17) is 11.6 Å². The first-order valence-corrected chi connectivity index (χ1v) is 8.66. The molecule has 1 aromatic rings. The molecular weight excluding hydrogens is 280 g/mol. The first-order valence-electron chi connectivity index (χ1n) is 8.28. The molecule has 1 N–H and O–H groups in total. The van der Waals surface area contributed by atoms with E-state index in [0.717, 1.165) is 37.5 Å². The van der Waals surface area contributed by atoms with Gasteiger partial charge in [0, 0.05) is 17.6 Å². The smallest absolute Gasteiger partial charge is 0.0453 e. The van der Waals surface area contributed by atoms with Gasteiger partial charge in [0.2, 0.25) is 0 Å². The van der Waals surface area contributed by atoms with E-state index in [0.29, 0.717) is 12.0 Å². The molecule has 0 amide bonds. The molecule has 0 aliphatic carbocycles. The minimum Gasteiger partial charge on any atom is -0.310 e. The lowest BCUT2D eigenvalue weighted by Gasteiger charge is -2.26. The second kappa shape index (κ2) is 10.2. The number of rotatable bonds is 10. The van der Waals surface area contributed by atoms with Crippen LogP contribution in [0.1, 0.15) is 52.1 Å². The Morgan fingerprint density at radius 1 is 1.19 bits per heavy atom. The fourth-order valence-corrected chi connectivity index (χ4v) is 2.92. The third-order valence-electron chi connectivity index (χ3n) is 3.73. The highest BCUT2D eigenvalue weighted by Gasteiger charge is 2.15. The molecule has 0 aliphatic heterocycles. The van der Waals surface area contributed by atoms with E-state index in [1.165, 1.54) is 12.1 Å². The summed E-state index contributed by atoms with van der Waals surface area (Å²) in [5.74, 6) is 0.715. The van der Waals surface area contributed by atoms with Crippen molar-refractivity contribution in [2.75, 3.05) is 26.2 Å². The Bertz CT molecular complexity index is 393. The summed E-state index contributed by atoms with van der Waals surface area (Å²) in [5, 5.41) is 4.52. The summed E-state index contributed by atoms with van der Waals surface area (Å²) in [6, 6.07) is 8.56. The molecule has 0 saturated heterocycles. The summed E-state index contributed by atoms with van der Waals surface area (Å²) in [7, 11) is 0. The van der Waals surface area contributed by atoms with Crippen LogP contribution in [0.3, 0.4) is 0 Å². The highest BCUT2D eigenvalue weighted by Crippen LogP contribution is 2.25. The van der Waals surface area contributed by atoms with Crippen molar-refractivity contribution < 1.29 is 0 Å². The monoisotopic (exact) mass is 310 g/mol. The normalized spacial score (nSPS) is 13.1. The summed E-state index contributed by atoms with van der Waals surface area (Å²) in [6.07, 6.45) is 2.24. The maximum Gasteiger partial charge on any atom is 0.0453 e. The van der Waals surface area contributed by atoms with E-state index < -0.39 is 0 Å². The molecule has 0 fully saturated rings. The zero-order chi connectivity index (χ0) is 15.7. The quantitative estimate of drug-likeness (QED) is 0.671. The molecule has 2 nitrogen and oxygen atoms in total. The zero-order valence-electron chi connectivity index (χ0n) is 14.0. The van der Waals surface area contributed by atoms with Gasteiger partial charge in [-0.1, -0.05) is 57.5 Å². The van der Waals surface area contributed by atoms with Crippen molar-refractivity contribution >= 4 is 11.6 Å². The molecule has 1 rings (SSSR count). The van der Waals surface area contributed by atoms with E-state index in [2.05, 4.69) is 50.0 Å². The molecule has 1 atom stereocenters. The van der Waals surface area contributed by atoms with Crippen LogP contribution in [-0.4, -0.2) is 31.1 Å². The van der Waals surface area contributed by atoms with Crippen LogP contribution < -0.4 is 5.32 Å². The van der Waals surface area contributed by atoms with Gasteiger partial charge in [-0.15, -0.1) is 0 Å². The zero-order valence-corrected chi connectivity index (χ0v) is 14.8. The first-order chi connectivity index (χ1) is 10.1. The lowest BCUT2D eigenvalue weighted by Crippen LogP contribution is -2.32. The Morgan fingerprint density at radius 3 is 2.48 bits per heavy atom. The topological polar surface area (TPSA) is 15.3 Å². The lowest BCUT2D eigenvalue weighted by atomic mass is 10.0. The van der Waals surface area contributed by atoms with Crippen LogP contribution in [0, 0.1) is 5.92 Å². The molecule has 0 heterocycles. The number of hydrogen-bond donors (Lipinski definition) is 1. The van der Waals surface area contributed by atoms with E-state index in [1.54, 1.807) is 0 Å². The number of nitrogens with one attached hydrogen (secondary N) is 1. The van der Waals surface area contributed by atoms with Gasteiger partial charge in [-0.3, -0.25) is 0 Å². The van der Waals surface area contributed by atoms with Gasteiger partial charge in [0.15, 0.2) is 0 Å². The second-order valence-electron chi connectivity index (χ2n) is 6.10. The summed E-state index contributed by atoms with van der Waals surface area (Å²) in [6.45, 7) is 13.4. The fraction of sp³-hybridized carbons (Fsp3) is 0.667. The van der Waals surface area contributed by atoms with E-state index in [-0.39, 0.29) is 0 Å². The maximum absolute atomic E-state index is 6.38. The van der Waals surface area contributed by atoms with Crippen molar-refractivity contribution in [1.29, 1.82) is 0 Å². The highest BCUT2D eigenvalue weighted by molar-refractivity contribution is 6.31. The van der Waals surface area contributed by atoms with Crippen LogP contribution in [0.5, 0.6) is 0 Å². The average Bonchev–Trinajstić information content (AvgIpc) is 2.46. The molecular formula is C18H31ClN2. The van der Waals surface area contributed by atoms with E-state index in [9.17, 15) is 0 Å². The second-order valence-corrected chi connectivity index (χ2v) is 6.51. The van der Waals surface area contributed by atoms with E-state index in [1.807, 2.05) is 12.1 Å². The molecule has 120 valence electrons. The number of hydrogen-bond acceptors (Lipinski definition) is 2. The van der Waals surface area contributed by atoms with Gasteiger partial charge in [-0.2, -0.15) is 0 Å². The van der Waals surface area contributed by atoms with Crippen LogP contribution in [0.15, 0.2) is 24.3 Å². The molecule has 0 bridgehead atoms. The van der Waals surface area contributed by atoms with Crippen molar-refractivity contribution in [3.8, 4) is 0 Å². The molecule has 0 spiro atoms. The van der Waals surface area contributed by atoms with Crippen molar-refractivity contribution in [1.82, 2.24) is 10.2 Å². The molecule has 0 aliphatic rings. The SMILES string of the molecule is CCCNC(CCN(CC)CC(C)C)c1ccccc1Cl. The number of nitrogens with zero attached hydrogens (tertiary/aromatic N) is 1.